The number of nitro groups is 1. The Hall–Kier alpha value is -3.91. The Morgan fingerprint density at radius 3 is 2.69 bits per heavy atom. The standard InChI is InChI=1S/C26H22ClFN2O5/c1-15(25-20(27)4-3-5-21(25)28)12-17-6-11-23-22(13-17)29-14-24(35-23)16(2)34-26(31)18-7-9-19(10-8-18)30(32)33/h3-13,16,24,29H,14H2,1-2H3/b15-12+/t16-,24?/m1/s1. The van der Waals surface area contributed by atoms with E-state index in [0.29, 0.717) is 28.5 Å². The quantitative estimate of drug-likeness (QED) is 0.185. The number of nitro benzene ring substituents is 1. The van der Waals surface area contributed by atoms with Crippen LogP contribution in [0.4, 0.5) is 15.8 Å². The van der Waals surface area contributed by atoms with Gasteiger partial charge in [0.15, 0.2) is 6.10 Å². The van der Waals surface area contributed by atoms with E-state index in [1.807, 2.05) is 18.2 Å². The Morgan fingerprint density at radius 1 is 1.26 bits per heavy atom. The smallest absolute Gasteiger partial charge is 0.338 e. The second-order valence-corrected chi connectivity index (χ2v) is 8.54. The summed E-state index contributed by atoms with van der Waals surface area (Å²) >= 11 is 6.17. The van der Waals surface area contributed by atoms with Gasteiger partial charge in [-0.25, -0.2) is 9.18 Å². The van der Waals surface area contributed by atoms with Crippen molar-refractivity contribution in [1.29, 1.82) is 0 Å². The number of hydrogen-bond acceptors (Lipinski definition) is 6. The Morgan fingerprint density at radius 2 is 2.00 bits per heavy atom. The van der Waals surface area contributed by atoms with E-state index in [-0.39, 0.29) is 17.1 Å². The summed E-state index contributed by atoms with van der Waals surface area (Å²) in [6, 6.07) is 15.3. The maximum atomic E-state index is 14.2. The SMILES string of the molecule is C/C(=C\c1ccc2c(c1)NCC([C@@H](C)OC(=O)c1ccc([N+](=O)[O-])cc1)O2)c1c(F)cccc1Cl. The molecule has 0 radical (unpaired) electrons. The number of nitrogens with zero attached hydrogens (tertiary/aromatic N) is 1. The zero-order chi connectivity index (χ0) is 25.1. The number of esters is 1. The van der Waals surface area contributed by atoms with Gasteiger partial charge in [0, 0.05) is 17.7 Å². The van der Waals surface area contributed by atoms with Crippen LogP contribution in [-0.4, -0.2) is 29.6 Å². The topological polar surface area (TPSA) is 90.7 Å². The number of rotatable bonds is 6. The van der Waals surface area contributed by atoms with Gasteiger partial charge in [-0.2, -0.15) is 0 Å². The number of fused-ring (bicyclic) bond motifs is 1. The number of benzene rings is 3. The number of allylic oxidation sites excluding steroid dienone is 1. The predicted octanol–water partition coefficient (Wildman–Crippen LogP) is 6.37. The normalized spacial score (nSPS) is 15.9. The molecule has 7 nitrogen and oxygen atoms in total. The van der Waals surface area contributed by atoms with E-state index in [1.165, 1.54) is 30.3 Å². The van der Waals surface area contributed by atoms with E-state index < -0.39 is 23.1 Å². The van der Waals surface area contributed by atoms with E-state index in [9.17, 15) is 19.3 Å². The summed E-state index contributed by atoms with van der Waals surface area (Å²) in [5.41, 5.74) is 2.76. The highest BCUT2D eigenvalue weighted by Gasteiger charge is 2.28. The van der Waals surface area contributed by atoms with Gasteiger partial charge >= 0.3 is 5.97 Å². The van der Waals surface area contributed by atoms with Crippen molar-refractivity contribution in [3.63, 3.8) is 0 Å². The molecule has 0 aliphatic carbocycles. The Balaban J connectivity index is 1.43. The molecule has 2 atom stereocenters. The number of non-ortho nitro benzene ring substituents is 1. The van der Waals surface area contributed by atoms with Gasteiger partial charge < -0.3 is 14.8 Å². The van der Waals surface area contributed by atoms with Crippen molar-refractivity contribution in [1.82, 2.24) is 0 Å². The molecule has 1 heterocycles. The van der Waals surface area contributed by atoms with Crippen molar-refractivity contribution in [3.8, 4) is 5.75 Å². The summed E-state index contributed by atoms with van der Waals surface area (Å²) < 4.78 is 25.8. The lowest BCUT2D eigenvalue weighted by Gasteiger charge is -2.31. The van der Waals surface area contributed by atoms with Crippen molar-refractivity contribution in [2.75, 3.05) is 11.9 Å². The van der Waals surface area contributed by atoms with Crippen molar-refractivity contribution < 1.29 is 23.6 Å². The van der Waals surface area contributed by atoms with Crippen LogP contribution in [0.15, 0.2) is 60.7 Å². The number of nitrogens with one attached hydrogen (secondary N) is 1. The minimum absolute atomic E-state index is 0.104. The van der Waals surface area contributed by atoms with E-state index in [1.54, 1.807) is 32.0 Å². The third-order valence-corrected chi connectivity index (χ3v) is 5.96. The zero-order valence-electron chi connectivity index (χ0n) is 19.0. The largest absolute Gasteiger partial charge is 0.483 e. The van der Waals surface area contributed by atoms with Crippen LogP contribution in [-0.2, 0) is 4.74 Å². The molecule has 3 aromatic rings. The van der Waals surface area contributed by atoms with Crippen molar-refractivity contribution in [2.24, 2.45) is 0 Å². The average Bonchev–Trinajstić information content (AvgIpc) is 2.83. The summed E-state index contributed by atoms with van der Waals surface area (Å²) in [6.07, 6.45) is 0.820. The van der Waals surface area contributed by atoms with Crippen molar-refractivity contribution in [3.05, 3.63) is 98.3 Å². The van der Waals surface area contributed by atoms with Crippen LogP contribution in [0.2, 0.25) is 5.02 Å². The third-order valence-electron chi connectivity index (χ3n) is 5.65. The second-order valence-electron chi connectivity index (χ2n) is 8.13. The molecule has 180 valence electrons. The van der Waals surface area contributed by atoms with Gasteiger partial charge in [0.1, 0.15) is 17.7 Å². The molecule has 0 fully saturated rings. The van der Waals surface area contributed by atoms with Crippen LogP contribution in [0, 0.1) is 15.9 Å². The Bertz CT molecular complexity index is 1290. The molecule has 0 amide bonds. The number of carbonyl (C=O) groups is 1. The fourth-order valence-electron chi connectivity index (χ4n) is 3.78. The highest BCUT2D eigenvalue weighted by molar-refractivity contribution is 6.32. The van der Waals surface area contributed by atoms with Gasteiger partial charge in [0.2, 0.25) is 0 Å². The first-order valence-electron chi connectivity index (χ1n) is 10.9. The molecule has 1 N–H and O–H groups in total. The van der Waals surface area contributed by atoms with E-state index in [4.69, 9.17) is 21.1 Å². The lowest BCUT2D eigenvalue weighted by molar-refractivity contribution is -0.384. The van der Waals surface area contributed by atoms with E-state index in [0.717, 1.165) is 11.3 Å². The van der Waals surface area contributed by atoms with E-state index in [2.05, 4.69) is 5.32 Å². The van der Waals surface area contributed by atoms with Crippen LogP contribution in [0.25, 0.3) is 11.6 Å². The van der Waals surface area contributed by atoms with Crippen LogP contribution in [0.3, 0.4) is 0 Å². The molecule has 0 aromatic heterocycles. The molecule has 4 rings (SSSR count). The summed E-state index contributed by atoms with van der Waals surface area (Å²) in [7, 11) is 0. The molecule has 35 heavy (non-hydrogen) atoms. The maximum Gasteiger partial charge on any atom is 0.338 e. The summed E-state index contributed by atoms with van der Waals surface area (Å²) in [5.74, 6) is -0.381. The van der Waals surface area contributed by atoms with Crippen molar-refractivity contribution in [2.45, 2.75) is 26.1 Å². The first-order valence-corrected chi connectivity index (χ1v) is 11.2. The molecular formula is C26H22ClFN2O5. The highest BCUT2D eigenvalue weighted by atomic mass is 35.5. The van der Waals surface area contributed by atoms with Crippen LogP contribution in [0.1, 0.15) is 35.3 Å². The molecule has 1 aliphatic rings. The molecule has 0 bridgehead atoms. The summed E-state index contributed by atoms with van der Waals surface area (Å²) in [4.78, 5) is 22.7. The van der Waals surface area contributed by atoms with Gasteiger partial charge in [-0.15, -0.1) is 0 Å². The van der Waals surface area contributed by atoms with Crippen LogP contribution < -0.4 is 10.1 Å². The van der Waals surface area contributed by atoms with Crippen molar-refractivity contribution >= 4 is 40.6 Å². The molecule has 1 unspecified atom stereocenters. The van der Waals surface area contributed by atoms with Crippen LogP contribution in [0.5, 0.6) is 5.75 Å². The third kappa shape index (κ3) is 5.44. The lowest BCUT2D eigenvalue weighted by Crippen LogP contribution is -2.41. The minimum Gasteiger partial charge on any atom is -0.483 e. The average molecular weight is 497 g/mol. The fourth-order valence-corrected chi connectivity index (χ4v) is 4.10. The molecular weight excluding hydrogens is 475 g/mol. The zero-order valence-corrected chi connectivity index (χ0v) is 19.7. The van der Waals surface area contributed by atoms with Gasteiger partial charge in [-0.1, -0.05) is 29.8 Å². The predicted molar refractivity (Wildman–Crippen MR) is 132 cm³/mol. The fraction of sp³-hybridized carbons (Fsp3) is 0.192. The Labute approximate surface area is 206 Å². The number of hydrogen-bond donors (Lipinski definition) is 1. The monoisotopic (exact) mass is 496 g/mol. The van der Waals surface area contributed by atoms with Gasteiger partial charge in [-0.05, 0) is 61.4 Å². The molecule has 3 aromatic carbocycles. The molecule has 1 aliphatic heterocycles. The van der Waals surface area contributed by atoms with Gasteiger partial charge in [0.05, 0.1) is 27.7 Å². The van der Waals surface area contributed by atoms with E-state index >= 15 is 0 Å². The molecule has 0 saturated carbocycles. The second kappa shape index (κ2) is 10.1. The number of ether oxygens (including phenoxy) is 2. The first-order chi connectivity index (χ1) is 16.7. The Kier molecular flexibility index (Phi) is 7.02. The minimum atomic E-state index is -0.593. The molecule has 9 heteroatoms. The summed E-state index contributed by atoms with van der Waals surface area (Å²) in [6.45, 7) is 3.91. The maximum absolute atomic E-state index is 14.2. The van der Waals surface area contributed by atoms with Gasteiger partial charge in [0.25, 0.3) is 5.69 Å². The van der Waals surface area contributed by atoms with Crippen LogP contribution >= 0.6 is 11.6 Å². The first kappa shape index (κ1) is 24.2. The van der Waals surface area contributed by atoms with Gasteiger partial charge in [-0.3, -0.25) is 10.1 Å². The lowest BCUT2D eigenvalue weighted by atomic mass is 10.0. The summed E-state index contributed by atoms with van der Waals surface area (Å²) in [5, 5.41) is 14.4. The highest BCUT2D eigenvalue weighted by Crippen LogP contribution is 2.33. The number of carbonyl (C=O) groups excluding carboxylic acids is 1. The number of halogens is 2. The molecule has 0 spiro atoms. The number of anilines is 1. The molecule has 0 saturated heterocycles.